The van der Waals surface area contributed by atoms with Crippen LogP contribution in [-0.2, 0) is 30.4 Å². The summed E-state index contributed by atoms with van der Waals surface area (Å²) < 4.78 is 29.5. The van der Waals surface area contributed by atoms with Crippen LogP contribution in [0, 0.1) is 5.82 Å². The number of benzene rings is 3. The molecule has 33 heavy (non-hydrogen) atoms. The third-order valence-electron chi connectivity index (χ3n) is 5.97. The Morgan fingerprint density at radius 1 is 0.939 bits per heavy atom. The lowest BCUT2D eigenvalue weighted by Crippen LogP contribution is -2.17. The van der Waals surface area contributed by atoms with Gasteiger partial charge in [-0.05, 0) is 91.2 Å². The van der Waals surface area contributed by atoms with Crippen LogP contribution < -0.4 is 19.8 Å². The fourth-order valence-corrected chi connectivity index (χ4v) is 4.97. The van der Waals surface area contributed by atoms with E-state index in [2.05, 4.69) is 32.0 Å². The number of fused-ring (bicyclic) bond motifs is 1. The molecule has 174 valence electrons. The Labute approximate surface area is 198 Å². The Bertz CT molecular complexity index is 1120. The van der Waals surface area contributed by atoms with Crippen LogP contribution in [0.3, 0.4) is 0 Å². The lowest BCUT2D eigenvalue weighted by atomic mass is 10.0. The van der Waals surface area contributed by atoms with Crippen LogP contribution in [0.5, 0.6) is 0 Å². The van der Waals surface area contributed by atoms with Gasteiger partial charge in [-0.25, -0.2) is 8.60 Å². The molecule has 0 amide bonds. The molecule has 1 aliphatic rings. The lowest BCUT2D eigenvalue weighted by molar-refractivity contribution is 0.627. The molecule has 0 saturated carbocycles. The zero-order valence-corrected chi connectivity index (χ0v) is 20.2. The van der Waals surface area contributed by atoms with E-state index in [9.17, 15) is 8.60 Å². The molecule has 0 aliphatic carbocycles. The van der Waals surface area contributed by atoms with E-state index in [1.807, 2.05) is 45.4 Å². The van der Waals surface area contributed by atoms with Crippen molar-refractivity contribution in [3.8, 4) is 0 Å². The van der Waals surface area contributed by atoms with E-state index in [1.165, 1.54) is 23.3 Å². The van der Waals surface area contributed by atoms with Gasteiger partial charge in [0.05, 0.1) is 16.3 Å². The average Bonchev–Trinajstić information content (AvgIpc) is 3.05. The number of halogens is 1. The first kappa shape index (κ1) is 23.3. The Morgan fingerprint density at radius 2 is 1.58 bits per heavy atom. The van der Waals surface area contributed by atoms with Crippen LogP contribution in [-0.4, -0.2) is 38.4 Å². The summed E-state index contributed by atoms with van der Waals surface area (Å²) in [5.74, 6) is -0.232. The van der Waals surface area contributed by atoms with Crippen LogP contribution in [0.1, 0.15) is 16.7 Å². The van der Waals surface area contributed by atoms with E-state index >= 15 is 0 Å². The van der Waals surface area contributed by atoms with Gasteiger partial charge in [0, 0.05) is 33.4 Å². The SMILES string of the molecule is CN(C)c1cc2c(cc1NS(=O)c1ccc(N(C)Cc3ccc(F)cc3)cc1)CCNCC2. The van der Waals surface area contributed by atoms with Crippen LogP contribution in [0.15, 0.2) is 65.6 Å². The minimum atomic E-state index is -1.38. The molecule has 7 heteroatoms. The van der Waals surface area contributed by atoms with Crippen LogP contribution in [0.4, 0.5) is 21.5 Å². The maximum Gasteiger partial charge on any atom is 0.150 e. The van der Waals surface area contributed by atoms with Gasteiger partial charge in [0.25, 0.3) is 0 Å². The molecule has 5 nitrogen and oxygen atoms in total. The second-order valence-electron chi connectivity index (χ2n) is 8.63. The maximum atomic E-state index is 13.1. The van der Waals surface area contributed by atoms with E-state index < -0.39 is 11.0 Å². The lowest BCUT2D eigenvalue weighted by Gasteiger charge is -2.22. The van der Waals surface area contributed by atoms with Gasteiger partial charge in [-0.2, -0.15) is 0 Å². The van der Waals surface area contributed by atoms with Crippen LogP contribution in [0.25, 0.3) is 0 Å². The molecule has 1 atom stereocenters. The zero-order valence-electron chi connectivity index (χ0n) is 19.4. The summed E-state index contributed by atoms with van der Waals surface area (Å²) in [4.78, 5) is 4.86. The van der Waals surface area contributed by atoms with Crippen molar-refractivity contribution in [2.75, 3.05) is 48.8 Å². The summed E-state index contributed by atoms with van der Waals surface area (Å²) in [6, 6.07) is 18.6. The van der Waals surface area contributed by atoms with Crippen molar-refractivity contribution in [2.45, 2.75) is 24.3 Å². The second-order valence-corrected chi connectivity index (χ2v) is 9.84. The first-order valence-corrected chi connectivity index (χ1v) is 12.3. The summed E-state index contributed by atoms with van der Waals surface area (Å²) in [6.07, 6.45) is 1.98. The van der Waals surface area contributed by atoms with Gasteiger partial charge in [0.2, 0.25) is 0 Å². The highest BCUT2D eigenvalue weighted by Gasteiger charge is 2.16. The van der Waals surface area contributed by atoms with E-state index in [1.54, 1.807) is 12.1 Å². The second kappa shape index (κ2) is 10.4. The van der Waals surface area contributed by atoms with Gasteiger partial charge in [-0.1, -0.05) is 12.1 Å². The molecular formula is C26H31FN4OS. The largest absolute Gasteiger partial charge is 0.376 e. The molecule has 4 rings (SSSR count). The summed E-state index contributed by atoms with van der Waals surface area (Å²) in [7, 11) is 4.63. The molecule has 2 N–H and O–H groups in total. The molecule has 0 saturated heterocycles. The Morgan fingerprint density at radius 3 is 2.21 bits per heavy atom. The molecule has 0 spiro atoms. The van der Waals surface area contributed by atoms with Gasteiger partial charge < -0.3 is 15.1 Å². The van der Waals surface area contributed by atoms with Crippen molar-refractivity contribution in [3.05, 3.63) is 83.2 Å². The minimum absolute atomic E-state index is 0.232. The maximum absolute atomic E-state index is 13.1. The predicted octanol–water partition coefficient (Wildman–Crippen LogP) is 4.35. The van der Waals surface area contributed by atoms with Gasteiger partial charge >= 0.3 is 0 Å². The predicted molar refractivity (Wildman–Crippen MR) is 136 cm³/mol. The Balaban J connectivity index is 1.48. The van der Waals surface area contributed by atoms with Crippen molar-refractivity contribution in [1.82, 2.24) is 5.32 Å². The van der Waals surface area contributed by atoms with E-state index in [0.29, 0.717) is 6.54 Å². The quantitative estimate of drug-likeness (QED) is 0.544. The highest BCUT2D eigenvalue weighted by atomic mass is 32.2. The van der Waals surface area contributed by atoms with Gasteiger partial charge in [-0.3, -0.25) is 4.72 Å². The minimum Gasteiger partial charge on any atom is -0.376 e. The molecule has 3 aromatic carbocycles. The number of nitrogens with zero attached hydrogens (tertiary/aromatic N) is 2. The fourth-order valence-electron chi connectivity index (χ4n) is 4.10. The number of nitrogens with one attached hydrogen (secondary N) is 2. The average molecular weight is 467 g/mol. The highest BCUT2D eigenvalue weighted by Crippen LogP contribution is 2.31. The van der Waals surface area contributed by atoms with Crippen molar-refractivity contribution >= 4 is 28.0 Å². The number of hydrogen-bond acceptors (Lipinski definition) is 4. The van der Waals surface area contributed by atoms with Crippen LogP contribution >= 0.6 is 0 Å². The van der Waals surface area contributed by atoms with E-state index in [0.717, 1.165) is 53.5 Å². The normalized spacial score (nSPS) is 14.2. The highest BCUT2D eigenvalue weighted by molar-refractivity contribution is 7.86. The molecule has 0 radical (unpaired) electrons. The third kappa shape index (κ3) is 5.72. The summed E-state index contributed by atoms with van der Waals surface area (Å²) in [5.41, 5.74) is 6.63. The van der Waals surface area contributed by atoms with Crippen molar-refractivity contribution in [3.63, 3.8) is 0 Å². The molecule has 0 aromatic heterocycles. The van der Waals surface area contributed by atoms with E-state index in [-0.39, 0.29) is 5.82 Å². The smallest absolute Gasteiger partial charge is 0.150 e. The molecule has 1 unspecified atom stereocenters. The Kier molecular flexibility index (Phi) is 7.30. The monoisotopic (exact) mass is 466 g/mol. The molecule has 0 bridgehead atoms. The van der Waals surface area contributed by atoms with Gasteiger partial charge in [0.1, 0.15) is 16.8 Å². The van der Waals surface area contributed by atoms with E-state index in [4.69, 9.17) is 0 Å². The van der Waals surface area contributed by atoms with Crippen LogP contribution in [0.2, 0.25) is 0 Å². The van der Waals surface area contributed by atoms with Gasteiger partial charge in [0.15, 0.2) is 0 Å². The first-order valence-electron chi connectivity index (χ1n) is 11.2. The third-order valence-corrected chi connectivity index (χ3v) is 7.07. The molecule has 1 heterocycles. The zero-order chi connectivity index (χ0) is 23.4. The molecule has 1 aliphatic heterocycles. The Hall–Kier alpha value is -2.90. The van der Waals surface area contributed by atoms with Crippen molar-refractivity contribution in [1.29, 1.82) is 0 Å². The fraction of sp³-hybridized carbons (Fsp3) is 0.308. The summed E-state index contributed by atoms with van der Waals surface area (Å²) in [6.45, 7) is 2.61. The topological polar surface area (TPSA) is 47.6 Å². The molecular weight excluding hydrogens is 435 g/mol. The van der Waals surface area contributed by atoms with Crippen molar-refractivity contribution in [2.24, 2.45) is 0 Å². The molecule has 0 fully saturated rings. The molecule has 3 aromatic rings. The number of rotatable bonds is 7. The van der Waals surface area contributed by atoms with Crippen molar-refractivity contribution < 1.29 is 8.60 Å². The number of anilines is 3. The van der Waals surface area contributed by atoms with Gasteiger partial charge in [-0.15, -0.1) is 0 Å². The number of hydrogen-bond donors (Lipinski definition) is 2. The standard InChI is InChI=1S/C26H31FN4OS/c1-30(2)26-17-21-13-15-28-14-12-20(21)16-25(26)29-33(32)24-10-8-23(9-11-24)31(3)18-19-4-6-22(27)7-5-19/h4-11,16-17,28-29H,12-15,18H2,1-3H3. The summed E-state index contributed by atoms with van der Waals surface area (Å²) in [5, 5.41) is 3.45. The first-order chi connectivity index (χ1) is 15.9. The summed E-state index contributed by atoms with van der Waals surface area (Å²) >= 11 is 0.